The van der Waals surface area contributed by atoms with Crippen LogP contribution in [-0.2, 0) is 4.74 Å². The zero-order chi connectivity index (χ0) is 14.1. The Morgan fingerprint density at radius 2 is 1.78 bits per heavy atom. The molecule has 0 aliphatic carbocycles. The molecule has 1 aromatic carbocycles. The van der Waals surface area contributed by atoms with Crippen LogP contribution >= 0.6 is 0 Å². The highest BCUT2D eigenvalue weighted by molar-refractivity contribution is 5.32. The maximum atomic E-state index is 8.94. The molecule has 4 nitrogen and oxygen atoms in total. The van der Waals surface area contributed by atoms with E-state index in [1.165, 1.54) is 5.56 Å². The Hall–Kier alpha value is -1.10. The molecule has 0 radical (unpaired) electrons. The summed E-state index contributed by atoms with van der Waals surface area (Å²) in [4.78, 5) is 0. The summed E-state index contributed by atoms with van der Waals surface area (Å²) in [7, 11) is 0. The summed E-state index contributed by atoms with van der Waals surface area (Å²) in [6.45, 7) is 7.70. The van der Waals surface area contributed by atoms with E-state index in [1.54, 1.807) is 26.0 Å². The Kier molecular flexibility index (Phi) is 8.37. The van der Waals surface area contributed by atoms with Crippen molar-refractivity contribution >= 4 is 0 Å². The third-order valence-corrected chi connectivity index (χ3v) is 2.37. The number of hydrogen-bond donors (Lipinski definition) is 3. The molecule has 0 aromatic heterocycles. The first-order valence-electron chi connectivity index (χ1n) is 6.03. The number of rotatable bonds is 4. The van der Waals surface area contributed by atoms with E-state index in [-0.39, 0.29) is 12.7 Å². The van der Waals surface area contributed by atoms with Gasteiger partial charge in [0.2, 0.25) is 0 Å². The molecule has 0 aliphatic heterocycles. The fourth-order valence-electron chi connectivity index (χ4n) is 1.08. The number of aliphatic hydroxyl groups is 2. The van der Waals surface area contributed by atoms with Crippen molar-refractivity contribution < 1.29 is 20.1 Å². The second-order valence-electron chi connectivity index (χ2n) is 4.44. The first kappa shape index (κ1) is 16.9. The Morgan fingerprint density at radius 3 is 2.17 bits per heavy atom. The van der Waals surface area contributed by atoms with Crippen molar-refractivity contribution in [3.63, 3.8) is 0 Å². The van der Waals surface area contributed by atoms with Crippen LogP contribution in [0.3, 0.4) is 0 Å². The largest absolute Gasteiger partial charge is 0.508 e. The van der Waals surface area contributed by atoms with Crippen molar-refractivity contribution in [1.82, 2.24) is 0 Å². The third-order valence-electron chi connectivity index (χ3n) is 2.37. The number of benzene rings is 1. The molecule has 104 valence electrons. The minimum atomic E-state index is -0.445. The van der Waals surface area contributed by atoms with Gasteiger partial charge in [0.25, 0.3) is 0 Å². The number of hydrogen-bond acceptors (Lipinski definition) is 4. The molecular weight excluding hydrogens is 232 g/mol. The van der Waals surface area contributed by atoms with Gasteiger partial charge in [-0.3, -0.25) is 0 Å². The minimum Gasteiger partial charge on any atom is -0.508 e. The summed E-state index contributed by atoms with van der Waals surface area (Å²) in [5.74, 6) is 0.345. The van der Waals surface area contributed by atoms with Crippen LogP contribution in [-0.4, -0.2) is 40.7 Å². The second kappa shape index (κ2) is 8.91. The summed E-state index contributed by atoms with van der Waals surface area (Å²) in [6, 6.07) is 5.36. The van der Waals surface area contributed by atoms with Gasteiger partial charge in [0.1, 0.15) is 5.75 Å². The summed E-state index contributed by atoms with van der Waals surface area (Å²) >= 11 is 0. The Balaban J connectivity index is 0.000000321. The average Bonchev–Trinajstić information content (AvgIpc) is 2.32. The molecule has 0 amide bonds. The third kappa shape index (κ3) is 8.06. The first-order chi connectivity index (χ1) is 8.36. The van der Waals surface area contributed by atoms with E-state index < -0.39 is 6.10 Å². The van der Waals surface area contributed by atoms with Crippen LogP contribution < -0.4 is 0 Å². The standard InChI is InChI=1S/C8H10O.C6H14O3/c1-6-3-4-8(9)5-7(6)2;1-5(8)4-9-6(2)3-7/h3-5,9H,1-2H3;5-8H,3-4H2,1-2H3. The highest BCUT2D eigenvalue weighted by atomic mass is 16.5. The molecule has 4 heteroatoms. The normalized spacial score (nSPS) is 13.4. The van der Waals surface area contributed by atoms with Crippen LogP contribution in [0.2, 0.25) is 0 Å². The van der Waals surface area contributed by atoms with E-state index in [0.29, 0.717) is 12.4 Å². The van der Waals surface area contributed by atoms with Crippen molar-refractivity contribution in [3.05, 3.63) is 29.3 Å². The smallest absolute Gasteiger partial charge is 0.115 e. The number of aryl methyl sites for hydroxylation is 2. The Bertz CT molecular complexity index is 337. The predicted molar refractivity (Wildman–Crippen MR) is 71.8 cm³/mol. The monoisotopic (exact) mass is 256 g/mol. The molecule has 3 N–H and O–H groups in total. The predicted octanol–water partition coefficient (Wildman–Crippen LogP) is 1.77. The topological polar surface area (TPSA) is 69.9 Å². The van der Waals surface area contributed by atoms with Gasteiger partial charge in [-0.05, 0) is 51.0 Å². The summed E-state index contributed by atoms with van der Waals surface area (Å²) < 4.78 is 4.95. The molecule has 2 atom stereocenters. The van der Waals surface area contributed by atoms with Gasteiger partial charge in [0.15, 0.2) is 0 Å². The van der Waals surface area contributed by atoms with E-state index in [2.05, 4.69) is 0 Å². The molecule has 0 bridgehead atoms. The molecule has 1 aromatic rings. The molecule has 0 saturated carbocycles. The lowest BCUT2D eigenvalue weighted by atomic mass is 10.1. The van der Waals surface area contributed by atoms with Crippen LogP contribution in [0.4, 0.5) is 0 Å². The number of phenolic OH excluding ortho intramolecular Hbond substituents is 1. The summed E-state index contributed by atoms with van der Waals surface area (Å²) in [5, 5.41) is 26.1. The zero-order valence-corrected chi connectivity index (χ0v) is 11.6. The first-order valence-corrected chi connectivity index (χ1v) is 6.03. The van der Waals surface area contributed by atoms with Crippen LogP contribution in [0.15, 0.2) is 18.2 Å². The van der Waals surface area contributed by atoms with E-state index >= 15 is 0 Å². The number of aliphatic hydroxyl groups excluding tert-OH is 2. The highest BCUT2D eigenvalue weighted by Crippen LogP contribution is 2.13. The lowest BCUT2D eigenvalue weighted by molar-refractivity contribution is -0.0177. The molecular formula is C14H24O4. The van der Waals surface area contributed by atoms with Crippen LogP contribution in [0, 0.1) is 13.8 Å². The van der Waals surface area contributed by atoms with Gasteiger partial charge >= 0.3 is 0 Å². The Labute approximate surface area is 109 Å². The average molecular weight is 256 g/mol. The minimum absolute atomic E-state index is 0.00667. The van der Waals surface area contributed by atoms with E-state index in [1.807, 2.05) is 19.9 Å². The van der Waals surface area contributed by atoms with Crippen molar-refractivity contribution in [2.75, 3.05) is 13.2 Å². The van der Waals surface area contributed by atoms with Crippen molar-refractivity contribution in [3.8, 4) is 5.75 Å². The van der Waals surface area contributed by atoms with Crippen molar-refractivity contribution in [2.45, 2.75) is 39.9 Å². The number of aromatic hydroxyl groups is 1. The second-order valence-corrected chi connectivity index (χ2v) is 4.44. The van der Waals surface area contributed by atoms with Gasteiger partial charge in [0.05, 0.1) is 25.4 Å². The lowest BCUT2D eigenvalue weighted by Gasteiger charge is -2.10. The van der Waals surface area contributed by atoms with Crippen LogP contribution in [0.25, 0.3) is 0 Å². The van der Waals surface area contributed by atoms with Crippen molar-refractivity contribution in [2.24, 2.45) is 0 Å². The molecule has 18 heavy (non-hydrogen) atoms. The van der Waals surface area contributed by atoms with Gasteiger partial charge in [-0.1, -0.05) is 6.07 Å². The van der Waals surface area contributed by atoms with Crippen molar-refractivity contribution in [1.29, 1.82) is 0 Å². The number of ether oxygens (including phenoxy) is 1. The van der Waals surface area contributed by atoms with Gasteiger partial charge in [0, 0.05) is 0 Å². The van der Waals surface area contributed by atoms with Gasteiger partial charge in [-0.2, -0.15) is 0 Å². The zero-order valence-electron chi connectivity index (χ0n) is 11.6. The molecule has 0 spiro atoms. The summed E-state index contributed by atoms with van der Waals surface area (Å²) in [6.07, 6.45) is -0.612. The lowest BCUT2D eigenvalue weighted by Crippen LogP contribution is -2.19. The highest BCUT2D eigenvalue weighted by Gasteiger charge is 2.00. The fourth-order valence-corrected chi connectivity index (χ4v) is 1.08. The molecule has 0 aliphatic rings. The van der Waals surface area contributed by atoms with Gasteiger partial charge in [-0.15, -0.1) is 0 Å². The van der Waals surface area contributed by atoms with E-state index in [9.17, 15) is 0 Å². The molecule has 0 heterocycles. The molecule has 1 rings (SSSR count). The molecule has 0 saturated heterocycles. The Morgan fingerprint density at radius 1 is 1.17 bits per heavy atom. The van der Waals surface area contributed by atoms with Gasteiger partial charge in [-0.25, -0.2) is 0 Å². The summed E-state index contributed by atoms with van der Waals surface area (Å²) in [5.41, 5.74) is 2.35. The fraction of sp³-hybridized carbons (Fsp3) is 0.571. The van der Waals surface area contributed by atoms with Crippen LogP contribution in [0.1, 0.15) is 25.0 Å². The number of phenols is 1. The van der Waals surface area contributed by atoms with E-state index in [4.69, 9.17) is 20.1 Å². The maximum absolute atomic E-state index is 8.94. The van der Waals surface area contributed by atoms with Gasteiger partial charge < -0.3 is 20.1 Å². The van der Waals surface area contributed by atoms with Crippen LogP contribution in [0.5, 0.6) is 5.75 Å². The molecule has 2 unspecified atom stereocenters. The maximum Gasteiger partial charge on any atom is 0.115 e. The SMILES string of the molecule is CC(O)COC(C)CO.Cc1ccc(O)cc1C. The molecule has 0 fully saturated rings. The quantitative estimate of drug-likeness (QED) is 0.768. The van der Waals surface area contributed by atoms with E-state index in [0.717, 1.165) is 5.56 Å².